The maximum absolute atomic E-state index is 11.6. The highest BCUT2D eigenvalue weighted by Crippen LogP contribution is 2.68. The fraction of sp³-hybridized carbons (Fsp3) is 1.00. The molecule has 0 aliphatic heterocycles. The average molecular weight is 437 g/mol. The number of rotatable bonds is 6. The van der Waals surface area contributed by atoms with E-state index in [2.05, 4.69) is 27.7 Å². The van der Waals surface area contributed by atoms with Gasteiger partial charge in [0, 0.05) is 6.61 Å². The maximum atomic E-state index is 11.6. The van der Waals surface area contributed by atoms with Crippen LogP contribution in [0.3, 0.4) is 0 Å². The molecule has 0 unspecified atom stereocenters. The van der Waals surface area contributed by atoms with Gasteiger partial charge in [0.25, 0.3) is 0 Å². The molecule has 31 heavy (non-hydrogen) atoms. The highest BCUT2D eigenvalue weighted by molar-refractivity contribution is 5.13. The van der Waals surface area contributed by atoms with Crippen LogP contribution in [0.15, 0.2) is 0 Å². The Kier molecular flexibility index (Phi) is 6.88. The summed E-state index contributed by atoms with van der Waals surface area (Å²) in [7, 11) is 0. The third-order valence-electron chi connectivity index (χ3n) is 10.9. The monoisotopic (exact) mass is 436 g/mol. The Hall–Kier alpha value is -0.160. The van der Waals surface area contributed by atoms with Gasteiger partial charge in [-0.3, -0.25) is 0 Å². The Balaban J connectivity index is 1.55. The Morgan fingerprint density at radius 3 is 2.23 bits per heavy atom. The van der Waals surface area contributed by atoms with Gasteiger partial charge in [-0.2, -0.15) is 0 Å². The first-order valence-electron chi connectivity index (χ1n) is 13.3. The minimum Gasteiger partial charge on any atom is -0.396 e. The predicted octanol–water partition coefficient (Wildman–Crippen LogP) is 4.38. The lowest BCUT2D eigenvalue weighted by Crippen LogP contribution is -2.62. The molecule has 0 aromatic heterocycles. The largest absolute Gasteiger partial charge is 0.396 e. The van der Waals surface area contributed by atoms with Crippen molar-refractivity contribution in [1.29, 1.82) is 0 Å². The lowest BCUT2D eigenvalue weighted by Gasteiger charge is -2.63. The van der Waals surface area contributed by atoms with Crippen LogP contribution < -0.4 is 0 Å². The van der Waals surface area contributed by atoms with Crippen molar-refractivity contribution in [3.8, 4) is 0 Å². The zero-order valence-corrected chi connectivity index (χ0v) is 20.3. The van der Waals surface area contributed by atoms with Crippen LogP contribution in [0.1, 0.15) is 91.9 Å². The summed E-state index contributed by atoms with van der Waals surface area (Å²) in [6, 6.07) is 0. The van der Waals surface area contributed by atoms with Gasteiger partial charge in [-0.1, -0.05) is 40.5 Å². The quantitative estimate of drug-likeness (QED) is 0.498. The minimum atomic E-state index is -0.642. The molecule has 0 bridgehead atoms. The van der Waals surface area contributed by atoms with Crippen molar-refractivity contribution in [2.75, 3.05) is 6.61 Å². The Morgan fingerprint density at radius 1 is 0.839 bits per heavy atom. The van der Waals surface area contributed by atoms with E-state index in [1.54, 1.807) is 0 Å². The molecule has 0 aromatic rings. The second-order valence-electron chi connectivity index (χ2n) is 12.8. The fourth-order valence-corrected chi connectivity index (χ4v) is 9.46. The normalized spacial score (nSPS) is 50.6. The zero-order valence-electron chi connectivity index (χ0n) is 20.3. The second kappa shape index (κ2) is 8.89. The Labute approximate surface area is 189 Å². The molecule has 0 radical (unpaired) electrons. The second-order valence-corrected chi connectivity index (χ2v) is 12.8. The van der Waals surface area contributed by atoms with E-state index in [4.69, 9.17) is 0 Å². The summed E-state index contributed by atoms with van der Waals surface area (Å²) in [6.07, 6.45) is 8.79. The van der Waals surface area contributed by atoms with Gasteiger partial charge in [-0.25, -0.2) is 0 Å². The van der Waals surface area contributed by atoms with Crippen LogP contribution in [0.2, 0.25) is 0 Å². The van der Waals surface area contributed by atoms with E-state index in [0.717, 1.165) is 32.1 Å². The van der Waals surface area contributed by atoms with Crippen LogP contribution in [-0.4, -0.2) is 45.3 Å². The van der Waals surface area contributed by atoms with Gasteiger partial charge in [-0.15, -0.1) is 0 Å². The van der Waals surface area contributed by atoms with Crippen molar-refractivity contribution in [3.05, 3.63) is 0 Å². The zero-order chi connectivity index (χ0) is 22.6. The molecule has 4 fully saturated rings. The lowest BCUT2D eigenvalue weighted by molar-refractivity contribution is -0.208. The summed E-state index contributed by atoms with van der Waals surface area (Å²) >= 11 is 0. The van der Waals surface area contributed by atoms with Crippen molar-refractivity contribution in [1.82, 2.24) is 0 Å². The average Bonchev–Trinajstić information content (AvgIpc) is 3.04. The van der Waals surface area contributed by atoms with Crippen molar-refractivity contribution in [2.45, 2.75) is 110 Å². The number of fused-ring (bicyclic) bond motifs is 5. The first-order chi connectivity index (χ1) is 14.6. The summed E-state index contributed by atoms with van der Waals surface area (Å²) in [4.78, 5) is 0. The highest BCUT2D eigenvalue weighted by Gasteiger charge is 2.64. The van der Waals surface area contributed by atoms with Gasteiger partial charge in [0.15, 0.2) is 0 Å². The van der Waals surface area contributed by atoms with Gasteiger partial charge in [0.1, 0.15) is 0 Å². The molecular weight excluding hydrogens is 388 g/mol. The fourth-order valence-electron chi connectivity index (χ4n) is 9.46. The molecule has 0 amide bonds. The van der Waals surface area contributed by atoms with Crippen molar-refractivity contribution in [2.24, 2.45) is 52.3 Å². The van der Waals surface area contributed by atoms with E-state index >= 15 is 0 Å². The molecule has 4 heteroatoms. The first-order valence-corrected chi connectivity index (χ1v) is 13.3. The van der Waals surface area contributed by atoms with Crippen LogP contribution in [0.4, 0.5) is 0 Å². The summed E-state index contributed by atoms with van der Waals surface area (Å²) in [5.74, 6) is 3.05. The molecule has 4 aliphatic rings. The van der Waals surface area contributed by atoms with E-state index in [1.807, 2.05) is 0 Å². The Morgan fingerprint density at radius 2 is 1.55 bits per heavy atom. The molecule has 4 saturated carbocycles. The van der Waals surface area contributed by atoms with Gasteiger partial charge in [0.2, 0.25) is 0 Å². The smallest absolute Gasteiger partial charge is 0.0832 e. The molecule has 180 valence electrons. The number of aliphatic hydroxyl groups is 4. The summed E-state index contributed by atoms with van der Waals surface area (Å²) in [5, 5.41) is 42.9. The number of hydrogen-bond acceptors (Lipinski definition) is 4. The number of hydrogen-bond donors (Lipinski definition) is 4. The van der Waals surface area contributed by atoms with Gasteiger partial charge < -0.3 is 20.4 Å². The lowest BCUT2D eigenvalue weighted by atomic mass is 9.43. The van der Waals surface area contributed by atoms with Crippen molar-refractivity contribution in [3.63, 3.8) is 0 Å². The highest BCUT2D eigenvalue weighted by atomic mass is 16.3. The molecule has 0 heterocycles. The van der Waals surface area contributed by atoms with Gasteiger partial charge in [-0.05, 0) is 104 Å². The van der Waals surface area contributed by atoms with E-state index in [0.29, 0.717) is 36.0 Å². The van der Waals surface area contributed by atoms with Gasteiger partial charge in [0.05, 0.1) is 18.3 Å². The molecule has 4 nitrogen and oxygen atoms in total. The summed E-state index contributed by atoms with van der Waals surface area (Å²) in [5.41, 5.74) is 0.0375. The van der Waals surface area contributed by atoms with E-state index in [9.17, 15) is 20.4 Å². The van der Waals surface area contributed by atoms with Gasteiger partial charge >= 0.3 is 0 Å². The summed E-state index contributed by atoms with van der Waals surface area (Å²) in [6.45, 7) is 9.55. The van der Waals surface area contributed by atoms with Crippen LogP contribution in [-0.2, 0) is 0 Å². The van der Waals surface area contributed by atoms with Crippen molar-refractivity contribution < 1.29 is 20.4 Å². The topological polar surface area (TPSA) is 80.9 Å². The van der Waals surface area contributed by atoms with E-state index < -0.39 is 12.2 Å². The third kappa shape index (κ3) is 3.92. The minimum absolute atomic E-state index is 0.0754. The maximum Gasteiger partial charge on any atom is 0.0832 e. The van der Waals surface area contributed by atoms with Crippen molar-refractivity contribution >= 4 is 0 Å². The first kappa shape index (κ1) is 24.0. The summed E-state index contributed by atoms with van der Waals surface area (Å²) < 4.78 is 0. The van der Waals surface area contributed by atoms with Crippen LogP contribution in [0.5, 0.6) is 0 Å². The molecule has 0 saturated heterocycles. The molecule has 4 aliphatic carbocycles. The standard InChI is InChI=1S/C27H48O4/c1-16(2)6-5-7-17(15-28)19-10-11-20-18-8-9-21-25(31)22(29)12-13-26(21,3)24(18)23(30)14-27(19,20)4/h16-25,28-31H,5-15H2,1-4H3/t17-,18-,19+,20-,21+,22+,23-,24+,25-,26-,27+/m0/s1. The predicted molar refractivity (Wildman–Crippen MR) is 123 cm³/mol. The van der Waals surface area contributed by atoms with Crippen LogP contribution >= 0.6 is 0 Å². The molecule has 4 N–H and O–H groups in total. The molecule has 4 rings (SSSR count). The van der Waals surface area contributed by atoms with Crippen LogP contribution in [0.25, 0.3) is 0 Å². The van der Waals surface area contributed by atoms with Crippen LogP contribution in [0, 0.1) is 52.3 Å². The third-order valence-corrected chi connectivity index (χ3v) is 10.9. The molecular formula is C27H48O4. The Bertz CT molecular complexity index is 622. The number of aliphatic hydroxyl groups excluding tert-OH is 4. The molecule has 0 aromatic carbocycles. The SMILES string of the molecule is CC(C)CCC[C@@H](CO)[C@H]1CC[C@H]2[C@@H]3CC[C@@H]4[C@H](O)[C@H](O)CC[C@]4(C)[C@H]3[C@@H](O)C[C@]12C. The van der Waals surface area contributed by atoms with E-state index in [1.165, 1.54) is 25.7 Å². The van der Waals surface area contributed by atoms with E-state index in [-0.39, 0.29) is 35.4 Å². The molecule has 0 spiro atoms. The molecule has 11 atom stereocenters.